The Balaban J connectivity index is 1.98. The van der Waals surface area contributed by atoms with Gasteiger partial charge in [0.2, 0.25) is 0 Å². The molecule has 3 rings (SSSR count). The van der Waals surface area contributed by atoms with Gasteiger partial charge in [-0.3, -0.25) is 4.79 Å². The minimum atomic E-state index is -1.01. The van der Waals surface area contributed by atoms with E-state index in [-0.39, 0.29) is 5.69 Å². The summed E-state index contributed by atoms with van der Waals surface area (Å²) in [4.78, 5) is 27.8. The van der Waals surface area contributed by atoms with Gasteiger partial charge in [0.1, 0.15) is 17.6 Å². The van der Waals surface area contributed by atoms with Crippen molar-refractivity contribution in [1.82, 2.24) is 9.88 Å². The zero-order valence-corrected chi connectivity index (χ0v) is 12.5. The molecule has 1 amide bonds. The second-order valence-corrected chi connectivity index (χ2v) is 5.94. The third-order valence-electron chi connectivity index (χ3n) is 3.68. The molecule has 1 saturated heterocycles. The van der Waals surface area contributed by atoms with E-state index in [2.05, 4.69) is 20.9 Å². The molecular weight excluding hydrogens is 343 g/mol. The van der Waals surface area contributed by atoms with Crippen LogP contribution in [0, 0.1) is 5.82 Å². The number of rotatable bonds is 2. The average molecular weight is 355 g/mol. The zero-order valence-electron chi connectivity index (χ0n) is 10.9. The lowest BCUT2D eigenvalue weighted by atomic mass is 10.2. The van der Waals surface area contributed by atoms with Crippen LogP contribution < -0.4 is 0 Å². The van der Waals surface area contributed by atoms with Crippen LogP contribution in [0.2, 0.25) is 0 Å². The Morgan fingerprint density at radius 1 is 1.38 bits per heavy atom. The highest BCUT2D eigenvalue weighted by Gasteiger charge is 2.35. The van der Waals surface area contributed by atoms with Crippen LogP contribution in [-0.2, 0) is 4.79 Å². The first-order chi connectivity index (χ1) is 9.97. The molecule has 1 aliphatic heterocycles. The molecule has 5 nitrogen and oxygen atoms in total. The normalized spacial score (nSPS) is 18.4. The van der Waals surface area contributed by atoms with Crippen molar-refractivity contribution in [3.8, 4) is 0 Å². The monoisotopic (exact) mass is 354 g/mol. The van der Waals surface area contributed by atoms with E-state index >= 15 is 0 Å². The molecule has 1 aliphatic rings. The number of nitrogens with one attached hydrogen (secondary N) is 1. The van der Waals surface area contributed by atoms with E-state index < -0.39 is 23.7 Å². The molecule has 7 heteroatoms. The van der Waals surface area contributed by atoms with Gasteiger partial charge in [-0.1, -0.05) is 15.9 Å². The van der Waals surface area contributed by atoms with Gasteiger partial charge in [0.25, 0.3) is 5.91 Å². The number of benzene rings is 1. The van der Waals surface area contributed by atoms with E-state index in [1.54, 1.807) is 6.07 Å². The van der Waals surface area contributed by atoms with E-state index in [0.717, 1.165) is 0 Å². The lowest BCUT2D eigenvalue weighted by Crippen LogP contribution is -2.40. The van der Waals surface area contributed by atoms with Gasteiger partial charge in [-0.15, -0.1) is 0 Å². The molecule has 1 atom stereocenters. The van der Waals surface area contributed by atoms with Crippen LogP contribution in [0.25, 0.3) is 10.9 Å². The van der Waals surface area contributed by atoms with Crippen molar-refractivity contribution in [3.63, 3.8) is 0 Å². The van der Waals surface area contributed by atoms with Crippen molar-refractivity contribution in [2.45, 2.75) is 18.9 Å². The summed E-state index contributed by atoms with van der Waals surface area (Å²) in [5.41, 5.74) is 0.700. The van der Waals surface area contributed by atoms with E-state index in [4.69, 9.17) is 5.11 Å². The summed E-state index contributed by atoms with van der Waals surface area (Å²) in [5, 5.41) is 9.44. The molecule has 21 heavy (non-hydrogen) atoms. The van der Waals surface area contributed by atoms with Crippen molar-refractivity contribution in [2.75, 3.05) is 6.54 Å². The quantitative estimate of drug-likeness (QED) is 0.870. The summed E-state index contributed by atoms with van der Waals surface area (Å²) in [6, 6.07) is 3.62. The number of fused-ring (bicyclic) bond motifs is 1. The number of hydrogen-bond acceptors (Lipinski definition) is 2. The summed E-state index contributed by atoms with van der Waals surface area (Å²) in [5.74, 6) is -1.86. The number of carboxylic acid groups (broad SMARTS) is 1. The van der Waals surface area contributed by atoms with Gasteiger partial charge in [0.05, 0.1) is 5.52 Å². The number of halogens is 2. The van der Waals surface area contributed by atoms with Crippen molar-refractivity contribution >= 4 is 38.7 Å². The van der Waals surface area contributed by atoms with Crippen LogP contribution in [0.5, 0.6) is 0 Å². The number of nitrogens with zero attached hydrogens (tertiary/aromatic N) is 1. The Hall–Kier alpha value is -1.89. The molecule has 2 aromatic rings. The van der Waals surface area contributed by atoms with Crippen molar-refractivity contribution in [1.29, 1.82) is 0 Å². The fourth-order valence-corrected chi connectivity index (χ4v) is 3.13. The van der Waals surface area contributed by atoms with Crippen molar-refractivity contribution in [2.24, 2.45) is 0 Å². The minimum Gasteiger partial charge on any atom is -0.480 e. The van der Waals surface area contributed by atoms with Crippen molar-refractivity contribution in [3.05, 3.63) is 34.2 Å². The number of H-pyrrole nitrogens is 1. The highest BCUT2D eigenvalue weighted by molar-refractivity contribution is 9.10. The maximum absolute atomic E-state index is 13.8. The second kappa shape index (κ2) is 5.14. The van der Waals surface area contributed by atoms with Crippen LogP contribution in [0.15, 0.2) is 22.7 Å². The van der Waals surface area contributed by atoms with Gasteiger partial charge in [0.15, 0.2) is 0 Å². The summed E-state index contributed by atoms with van der Waals surface area (Å²) >= 11 is 3.19. The fraction of sp³-hybridized carbons (Fsp3) is 0.286. The Morgan fingerprint density at radius 2 is 2.14 bits per heavy atom. The third-order valence-corrected chi connectivity index (χ3v) is 4.14. The minimum absolute atomic E-state index is 0.204. The molecule has 0 aliphatic carbocycles. The summed E-state index contributed by atoms with van der Waals surface area (Å²) < 4.78 is 14.4. The molecule has 0 radical (unpaired) electrons. The number of likely N-dealkylation sites (tertiary alicyclic amines) is 1. The molecule has 1 fully saturated rings. The Morgan fingerprint density at radius 3 is 2.86 bits per heavy atom. The summed E-state index contributed by atoms with van der Waals surface area (Å²) in [7, 11) is 0. The predicted molar refractivity (Wildman–Crippen MR) is 77.7 cm³/mol. The zero-order chi connectivity index (χ0) is 15.1. The average Bonchev–Trinajstić information content (AvgIpc) is 3.03. The molecular formula is C14H12BrFN2O3. The SMILES string of the molecule is O=C(O)[C@H]1CCCN1C(=O)c1cc2c(F)cc(Br)cc2[nH]1. The number of carboxylic acids is 1. The molecule has 0 bridgehead atoms. The molecule has 2 heterocycles. The lowest BCUT2D eigenvalue weighted by Gasteiger charge is -2.20. The van der Waals surface area contributed by atoms with E-state index in [0.29, 0.717) is 34.8 Å². The summed E-state index contributed by atoms with van der Waals surface area (Å²) in [6.45, 7) is 0.400. The number of carbonyl (C=O) groups is 2. The van der Waals surface area contributed by atoms with Crippen LogP contribution in [0.3, 0.4) is 0 Å². The topological polar surface area (TPSA) is 73.4 Å². The lowest BCUT2D eigenvalue weighted by molar-refractivity contribution is -0.141. The number of carbonyl (C=O) groups excluding carboxylic acids is 1. The van der Waals surface area contributed by atoms with E-state index in [1.165, 1.54) is 17.0 Å². The maximum atomic E-state index is 13.8. The van der Waals surface area contributed by atoms with Crippen molar-refractivity contribution < 1.29 is 19.1 Å². The first kappa shape index (κ1) is 14.1. The van der Waals surface area contributed by atoms with Crippen LogP contribution in [0.1, 0.15) is 23.3 Å². The Labute approximate surface area is 127 Å². The first-order valence-electron chi connectivity index (χ1n) is 6.49. The van der Waals surface area contributed by atoms with Crippen LogP contribution in [-0.4, -0.2) is 39.5 Å². The number of amides is 1. The predicted octanol–water partition coefficient (Wildman–Crippen LogP) is 2.76. The second-order valence-electron chi connectivity index (χ2n) is 5.03. The van der Waals surface area contributed by atoms with Gasteiger partial charge in [-0.25, -0.2) is 9.18 Å². The van der Waals surface area contributed by atoms with Crippen LogP contribution in [0.4, 0.5) is 4.39 Å². The smallest absolute Gasteiger partial charge is 0.326 e. The number of aliphatic carboxylic acids is 1. The molecule has 1 aromatic heterocycles. The number of aromatic amines is 1. The highest BCUT2D eigenvalue weighted by atomic mass is 79.9. The molecule has 1 aromatic carbocycles. The highest BCUT2D eigenvalue weighted by Crippen LogP contribution is 2.26. The Kier molecular flexibility index (Phi) is 3.44. The summed E-state index contributed by atoms with van der Waals surface area (Å²) in [6.07, 6.45) is 1.10. The molecule has 2 N–H and O–H groups in total. The molecule has 0 saturated carbocycles. The standard InChI is InChI=1S/C14H12BrFN2O3/c15-7-4-9(16)8-6-11(17-10(8)5-7)13(19)18-3-1-2-12(18)14(20)21/h4-6,12,17H,1-3H2,(H,20,21)/t12-/m1/s1. The molecule has 0 spiro atoms. The Bertz CT molecular complexity index is 743. The van der Waals surface area contributed by atoms with E-state index in [9.17, 15) is 14.0 Å². The van der Waals surface area contributed by atoms with Gasteiger partial charge in [-0.05, 0) is 31.0 Å². The van der Waals surface area contributed by atoms with Gasteiger partial charge in [-0.2, -0.15) is 0 Å². The third kappa shape index (κ3) is 2.42. The largest absolute Gasteiger partial charge is 0.480 e. The number of aromatic nitrogens is 1. The maximum Gasteiger partial charge on any atom is 0.326 e. The van der Waals surface area contributed by atoms with Gasteiger partial charge < -0.3 is 15.0 Å². The fourth-order valence-electron chi connectivity index (χ4n) is 2.70. The van der Waals surface area contributed by atoms with Gasteiger partial charge in [0, 0.05) is 16.4 Å². The van der Waals surface area contributed by atoms with E-state index in [1.807, 2.05) is 0 Å². The molecule has 110 valence electrons. The molecule has 0 unspecified atom stereocenters. The first-order valence-corrected chi connectivity index (χ1v) is 7.28. The number of hydrogen-bond donors (Lipinski definition) is 2. The van der Waals surface area contributed by atoms with Gasteiger partial charge >= 0.3 is 5.97 Å². The van der Waals surface area contributed by atoms with Crippen LogP contribution >= 0.6 is 15.9 Å².